The third-order valence-electron chi connectivity index (χ3n) is 3.58. The van der Waals surface area contributed by atoms with Gasteiger partial charge in [0.2, 0.25) is 0 Å². The van der Waals surface area contributed by atoms with Crippen molar-refractivity contribution in [2.75, 3.05) is 0 Å². The van der Waals surface area contributed by atoms with E-state index in [4.69, 9.17) is 5.21 Å². The van der Waals surface area contributed by atoms with Crippen LogP contribution in [-0.2, 0) is 6.54 Å². The van der Waals surface area contributed by atoms with Crippen molar-refractivity contribution in [1.82, 2.24) is 9.55 Å². The summed E-state index contributed by atoms with van der Waals surface area (Å²) in [5.74, 6) is 0. The van der Waals surface area contributed by atoms with Crippen LogP contribution in [0.15, 0.2) is 64.5 Å². The SMILES string of the molecule is O=c1/c(=N\O)nc(-c2ccccc2)c2ccccc2n1CC(F)(F)F. The number of rotatable bonds is 2. The standard InChI is InChI=1S/C17H12F3N3O2/c18-17(19,20)10-23-13-9-5-4-8-12(13)14(11-6-2-1-3-7-11)21-15(22-25)16(23)24/h1-9,25H,10H2/b22-15+. The topological polar surface area (TPSA) is 67.5 Å². The van der Waals surface area contributed by atoms with Gasteiger partial charge in [0.15, 0.2) is 0 Å². The van der Waals surface area contributed by atoms with Crippen LogP contribution in [-0.4, -0.2) is 20.9 Å². The number of nitrogens with zero attached hydrogens (tertiary/aromatic N) is 3. The fraction of sp³-hybridized carbons (Fsp3) is 0.118. The molecule has 0 aliphatic rings. The highest BCUT2D eigenvalue weighted by atomic mass is 19.4. The second-order valence-electron chi connectivity index (χ2n) is 5.27. The van der Waals surface area contributed by atoms with Crippen LogP contribution in [0, 0.1) is 0 Å². The molecule has 0 amide bonds. The largest absolute Gasteiger partial charge is 0.409 e. The Morgan fingerprint density at radius 2 is 1.68 bits per heavy atom. The monoisotopic (exact) mass is 347 g/mol. The Labute approximate surface area is 139 Å². The van der Waals surface area contributed by atoms with Gasteiger partial charge in [0.05, 0.1) is 11.2 Å². The highest BCUT2D eigenvalue weighted by Gasteiger charge is 2.29. The summed E-state index contributed by atoms with van der Waals surface area (Å²) in [5, 5.41) is 12.2. The van der Waals surface area contributed by atoms with Crippen molar-refractivity contribution in [3.63, 3.8) is 0 Å². The second kappa shape index (κ2) is 6.39. The smallest absolute Gasteiger partial charge is 0.406 e. The first-order chi connectivity index (χ1) is 11.9. The van der Waals surface area contributed by atoms with E-state index in [1.165, 1.54) is 12.1 Å². The molecule has 3 aromatic rings. The van der Waals surface area contributed by atoms with Crippen molar-refractivity contribution < 1.29 is 18.4 Å². The molecule has 0 radical (unpaired) electrons. The summed E-state index contributed by atoms with van der Waals surface area (Å²) >= 11 is 0. The van der Waals surface area contributed by atoms with Crippen molar-refractivity contribution >= 4 is 10.9 Å². The molecular weight excluding hydrogens is 335 g/mol. The minimum absolute atomic E-state index is 0.0473. The molecule has 0 bridgehead atoms. The summed E-state index contributed by atoms with van der Waals surface area (Å²) in [4.78, 5) is 16.4. The average molecular weight is 347 g/mol. The molecule has 25 heavy (non-hydrogen) atoms. The fourth-order valence-corrected chi connectivity index (χ4v) is 2.57. The molecule has 0 saturated heterocycles. The first-order valence-corrected chi connectivity index (χ1v) is 7.25. The maximum Gasteiger partial charge on any atom is 0.406 e. The molecule has 0 aliphatic heterocycles. The lowest BCUT2D eigenvalue weighted by Crippen LogP contribution is -2.37. The number of para-hydroxylation sites is 1. The predicted molar refractivity (Wildman–Crippen MR) is 84.8 cm³/mol. The molecule has 1 N–H and O–H groups in total. The number of hydrogen-bond donors (Lipinski definition) is 1. The van der Waals surface area contributed by atoms with Crippen LogP contribution in [0.5, 0.6) is 0 Å². The molecule has 1 heterocycles. The Balaban J connectivity index is 2.52. The Morgan fingerprint density at radius 1 is 1.04 bits per heavy atom. The third-order valence-corrected chi connectivity index (χ3v) is 3.58. The Morgan fingerprint density at radius 3 is 2.32 bits per heavy atom. The van der Waals surface area contributed by atoms with E-state index in [2.05, 4.69) is 10.1 Å². The highest BCUT2D eigenvalue weighted by Crippen LogP contribution is 2.25. The van der Waals surface area contributed by atoms with Gasteiger partial charge in [-0.2, -0.15) is 13.2 Å². The maximum atomic E-state index is 13.0. The summed E-state index contributed by atoms with van der Waals surface area (Å²) in [5.41, 5.74) is -0.955. The number of halogens is 3. The molecule has 5 nitrogen and oxygen atoms in total. The van der Waals surface area contributed by atoms with Crippen molar-refractivity contribution in [1.29, 1.82) is 0 Å². The van der Waals surface area contributed by atoms with E-state index in [1.54, 1.807) is 42.5 Å². The molecule has 0 unspecified atom stereocenters. The second-order valence-corrected chi connectivity index (χ2v) is 5.27. The van der Waals surface area contributed by atoms with Gasteiger partial charge in [-0.3, -0.25) is 9.36 Å². The number of fused-ring (bicyclic) bond motifs is 1. The van der Waals surface area contributed by atoms with Gasteiger partial charge in [0, 0.05) is 10.9 Å². The summed E-state index contributed by atoms with van der Waals surface area (Å²) in [6.07, 6.45) is -4.62. The Kier molecular flexibility index (Phi) is 4.26. The van der Waals surface area contributed by atoms with Crippen molar-refractivity contribution in [2.45, 2.75) is 12.7 Å². The number of alkyl halides is 3. The molecule has 0 spiro atoms. The molecule has 128 valence electrons. The zero-order valence-corrected chi connectivity index (χ0v) is 12.7. The highest BCUT2D eigenvalue weighted by molar-refractivity contribution is 5.91. The number of aromatic nitrogens is 2. The van der Waals surface area contributed by atoms with Crippen LogP contribution < -0.4 is 11.0 Å². The van der Waals surface area contributed by atoms with Crippen LogP contribution in [0.4, 0.5) is 13.2 Å². The van der Waals surface area contributed by atoms with Gasteiger partial charge in [-0.05, 0) is 6.07 Å². The van der Waals surface area contributed by atoms with Gasteiger partial charge in [-0.15, -0.1) is 0 Å². The fourth-order valence-electron chi connectivity index (χ4n) is 2.57. The van der Waals surface area contributed by atoms with Crippen molar-refractivity contribution in [2.24, 2.45) is 5.16 Å². The maximum absolute atomic E-state index is 13.0. The van der Waals surface area contributed by atoms with Gasteiger partial charge >= 0.3 is 6.18 Å². The minimum Gasteiger partial charge on any atom is -0.409 e. The summed E-state index contributed by atoms with van der Waals surface area (Å²) in [6, 6.07) is 14.8. The van der Waals surface area contributed by atoms with E-state index >= 15 is 0 Å². The lowest BCUT2D eigenvalue weighted by Gasteiger charge is -2.10. The predicted octanol–water partition coefficient (Wildman–Crippen LogP) is 2.92. The minimum atomic E-state index is -4.62. The van der Waals surface area contributed by atoms with E-state index in [0.29, 0.717) is 15.5 Å². The normalized spacial score (nSPS) is 12.5. The zero-order valence-electron chi connectivity index (χ0n) is 12.7. The lowest BCUT2D eigenvalue weighted by atomic mass is 10.1. The van der Waals surface area contributed by atoms with E-state index < -0.39 is 23.8 Å². The Bertz CT molecular complexity index is 1040. The van der Waals surface area contributed by atoms with E-state index in [-0.39, 0.29) is 11.2 Å². The van der Waals surface area contributed by atoms with Gasteiger partial charge in [-0.1, -0.05) is 53.7 Å². The van der Waals surface area contributed by atoms with Crippen molar-refractivity contribution in [3.8, 4) is 11.3 Å². The van der Waals surface area contributed by atoms with Gasteiger partial charge in [0.25, 0.3) is 11.0 Å². The average Bonchev–Trinajstić information content (AvgIpc) is 2.71. The van der Waals surface area contributed by atoms with Crippen LogP contribution in [0.3, 0.4) is 0 Å². The van der Waals surface area contributed by atoms with E-state index in [9.17, 15) is 18.0 Å². The van der Waals surface area contributed by atoms with Crippen LogP contribution in [0.25, 0.3) is 22.2 Å². The molecule has 0 atom stereocenters. The van der Waals surface area contributed by atoms with Crippen LogP contribution >= 0.6 is 0 Å². The van der Waals surface area contributed by atoms with Crippen LogP contribution in [0.2, 0.25) is 0 Å². The van der Waals surface area contributed by atoms with Gasteiger partial charge in [0.1, 0.15) is 6.54 Å². The summed E-state index contributed by atoms with van der Waals surface area (Å²) in [6.45, 7) is -1.51. The first kappa shape index (κ1) is 16.7. The Hall–Kier alpha value is -3.16. The molecule has 1 aromatic heterocycles. The summed E-state index contributed by atoms with van der Waals surface area (Å²) < 4.78 is 39.4. The molecule has 0 fully saturated rings. The molecule has 0 aliphatic carbocycles. The zero-order chi connectivity index (χ0) is 18.0. The quantitative estimate of drug-likeness (QED) is 0.572. The van der Waals surface area contributed by atoms with Gasteiger partial charge in [-0.25, -0.2) is 4.98 Å². The van der Waals surface area contributed by atoms with Crippen LogP contribution in [0.1, 0.15) is 0 Å². The molecule has 8 heteroatoms. The third kappa shape index (κ3) is 3.37. The van der Waals surface area contributed by atoms with E-state index in [1.807, 2.05) is 0 Å². The lowest BCUT2D eigenvalue weighted by molar-refractivity contribution is -0.140. The van der Waals surface area contributed by atoms with E-state index in [0.717, 1.165) is 0 Å². The number of benzene rings is 2. The number of hydrogen-bond acceptors (Lipinski definition) is 4. The molecule has 0 saturated carbocycles. The van der Waals surface area contributed by atoms with Crippen molar-refractivity contribution in [3.05, 3.63) is 70.4 Å². The first-order valence-electron chi connectivity index (χ1n) is 7.25. The molecule has 2 aromatic carbocycles. The molecule has 3 rings (SSSR count). The van der Waals surface area contributed by atoms with Gasteiger partial charge < -0.3 is 5.21 Å². The summed E-state index contributed by atoms with van der Waals surface area (Å²) in [7, 11) is 0. The molecular formula is C17H12F3N3O2.